The van der Waals surface area contributed by atoms with Crippen LogP contribution in [0.3, 0.4) is 0 Å². The predicted molar refractivity (Wildman–Crippen MR) is 107 cm³/mol. The average molecular weight is 367 g/mol. The predicted octanol–water partition coefficient (Wildman–Crippen LogP) is 5.91. The van der Waals surface area contributed by atoms with E-state index in [1.165, 1.54) is 52.4 Å². The Bertz CT molecular complexity index is 399. The van der Waals surface area contributed by atoms with E-state index in [1.54, 1.807) is 0 Å². The molecular weight excluding hydrogens is 328 g/mol. The highest BCUT2D eigenvalue weighted by Gasteiger charge is 1.93. The second-order valence-electron chi connectivity index (χ2n) is 6.61. The molecule has 150 valence electrons. The fourth-order valence-electron chi connectivity index (χ4n) is 2.52. The highest BCUT2D eigenvalue weighted by atomic mass is 16.5. The van der Waals surface area contributed by atoms with Crippen molar-refractivity contribution >= 4 is 11.9 Å². The molecule has 0 aliphatic carbocycles. The van der Waals surface area contributed by atoms with E-state index < -0.39 is 0 Å². The molecular formula is C22H38O4. The summed E-state index contributed by atoms with van der Waals surface area (Å²) in [5, 5.41) is 0. The van der Waals surface area contributed by atoms with E-state index in [0.29, 0.717) is 13.2 Å². The molecule has 0 aliphatic rings. The zero-order chi connectivity index (χ0) is 19.3. The molecule has 4 nitrogen and oxygen atoms in total. The molecule has 0 amide bonds. The molecule has 0 bridgehead atoms. The van der Waals surface area contributed by atoms with Crippen LogP contribution < -0.4 is 0 Å². The lowest BCUT2D eigenvalue weighted by Crippen LogP contribution is -1.99. The Balaban J connectivity index is 3.18. The van der Waals surface area contributed by atoms with Crippen molar-refractivity contribution in [2.75, 3.05) is 13.2 Å². The molecule has 0 aromatic heterocycles. The second-order valence-corrected chi connectivity index (χ2v) is 6.61. The van der Waals surface area contributed by atoms with Crippen LogP contribution in [0.1, 0.15) is 90.9 Å². The summed E-state index contributed by atoms with van der Waals surface area (Å²) >= 11 is 0. The fourth-order valence-corrected chi connectivity index (χ4v) is 2.52. The summed E-state index contributed by atoms with van der Waals surface area (Å²) in [6.45, 7) is 3.99. The molecule has 26 heavy (non-hydrogen) atoms. The first-order valence-electron chi connectivity index (χ1n) is 10.2. The monoisotopic (exact) mass is 366 g/mol. The van der Waals surface area contributed by atoms with Crippen molar-refractivity contribution < 1.29 is 19.1 Å². The normalized spacial score (nSPS) is 11.3. The van der Waals surface area contributed by atoms with E-state index >= 15 is 0 Å². The minimum Gasteiger partial charge on any atom is -0.466 e. The molecule has 0 aromatic rings. The van der Waals surface area contributed by atoms with Crippen LogP contribution in [0.15, 0.2) is 24.3 Å². The minimum absolute atomic E-state index is 0.183. The molecule has 0 spiro atoms. The van der Waals surface area contributed by atoms with Gasteiger partial charge in [-0.05, 0) is 64.2 Å². The molecule has 0 saturated carbocycles. The molecule has 0 N–H and O–H groups in total. The van der Waals surface area contributed by atoms with Crippen LogP contribution in [0, 0.1) is 0 Å². The third kappa shape index (κ3) is 22.4. The number of ether oxygens (including phenoxy) is 2. The zero-order valence-electron chi connectivity index (χ0n) is 16.8. The topological polar surface area (TPSA) is 52.6 Å². The van der Waals surface area contributed by atoms with Crippen LogP contribution in [0.2, 0.25) is 0 Å². The molecule has 0 aromatic carbocycles. The Morgan fingerprint density at radius 1 is 0.538 bits per heavy atom. The van der Waals surface area contributed by atoms with Crippen molar-refractivity contribution in [2.24, 2.45) is 0 Å². The minimum atomic E-state index is -0.194. The summed E-state index contributed by atoms with van der Waals surface area (Å²) in [6, 6.07) is 0. The Hall–Kier alpha value is -1.58. The highest BCUT2D eigenvalue weighted by Crippen LogP contribution is 2.08. The average Bonchev–Trinajstić information content (AvgIpc) is 2.59. The SMILES string of the molecule is CC(=O)OCCC/C=C/CCCCCC/C=C/CCCCCOC(C)=O. The largest absolute Gasteiger partial charge is 0.466 e. The summed E-state index contributed by atoms with van der Waals surface area (Å²) in [5.74, 6) is -0.378. The lowest BCUT2D eigenvalue weighted by Gasteiger charge is -2.00. The van der Waals surface area contributed by atoms with E-state index in [2.05, 4.69) is 24.3 Å². The van der Waals surface area contributed by atoms with Gasteiger partial charge in [0.1, 0.15) is 0 Å². The first-order chi connectivity index (χ1) is 12.6. The van der Waals surface area contributed by atoms with E-state index in [1.807, 2.05) is 0 Å². The number of esters is 2. The first-order valence-corrected chi connectivity index (χ1v) is 10.2. The van der Waals surface area contributed by atoms with Gasteiger partial charge in [-0.2, -0.15) is 0 Å². The molecule has 0 saturated heterocycles. The zero-order valence-corrected chi connectivity index (χ0v) is 16.8. The maximum absolute atomic E-state index is 10.6. The molecule has 0 atom stereocenters. The molecule has 0 fully saturated rings. The first kappa shape index (κ1) is 24.4. The van der Waals surface area contributed by atoms with Crippen molar-refractivity contribution in [2.45, 2.75) is 90.9 Å². The van der Waals surface area contributed by atoms with Gasteiger partial charge in [-0.15, -0.1) is 0 Å². The van der Waals surface area contributed by atoms with E-state index in [-0.39, 0.29) is 11.9 Å². The van der Waals surface area contributed by atoms with Crippen LogP contribution in [0.25, 0.3) is 0 Å². The van der Waals surface area contributed by atoms with Gasteiger partial charge in [0, 0.05) is 13.8 Å². The number of hydrogen-bond donors (Lipinski definition) is 0. The van der Waals surface area contributed by atoms with Crippen molar-refractivity contribution in [3.8, 4) is 0 Å². The van der Waals surface area contributed by atoms with Gasteiger partial charge in [-0.25, -0.2) is 0 Å². The molecule has 0 aliphatic heterocycles. The number of carbonyl (C=O) groups is 2. The lowest BCUT2D eigenvalue weighted by atomic mass is 10.1. The van der Waals surface area contributed by atoms with E-state index in [0.717, 1.165) is 38.5 Å². The number of hydrogen-bond acceptors (Lipinski definition) is 4. The maximum atomic E-state index is 10.6. The van der Waals surface area contributed by atoms with Crippen LogP contribution in [0.4, 0.5) is 0 Å². The third-order valence-electron chi connectivity index (χ3n) is 3.97. The number of rotatable bonds is 17. The van der Waals surface area contributed by atoms with Gasteiger partial charge in [0.15, 0.2) is 0 Å². The van der Waals surface area contributed by atoms with E-state index in [4.69, 9.17) is 9.47 Å². The summed E-state index contributed by atoms with van der Waals surface area (Å²) in [5.41, 5.74) is 0. The van der Waals surface area contributed by atoms with Gasteiger partial charge in [0.2, 0.25) is 0 Å². The van der Waals surface area contributed by atoms with Crippen molar-refractivity contribution in [1.82, 2.24) is 0 Å². The fraction of sp³-hybridized carbons (Fsp3) is 0.727. The van der Waals surface area contributed by atoms with Gasteiger partial charge >= 0.3 is 11.9 Å². The van der Waals surface area contributed by atoms with Crippen LogP contribution in [-0.2, 0) is 19.1 Å². The highest BCUT2D eigenvalue weighted by molar-refractivity contribution is 5.66. The van der Waals surface area contributed by atoms with Gasteiger partial charge in [0.05, 0.1) is 13.2 Å². The number of carbonyl (C=O) groups excluding carboxylic acids is 2. The van der Waals surface area contributed by atoms with Crippen molar-refractivity contribution in [1.29, 1.82) is 0 Å². The van der Waals surface area contributed by atoms with Gasteiger partial charge in [-0.3, -0.25) is 9.59 Å². The summed E-state index contributed by atoms with van der Waals surface area (Å²) in [4.78, 5) is 21.2. The summed E-state index contributed by atoms with van der Waals surface area (Å²) < 4.78 is 9.79. The Kier molecular flexibility index (Phi) is 18.5. The molecule has 0 radical (unpaired) electrons. The van der Waals surface area contributed by atoms with Gasteiger partial charge in [-0.1, -0.05) is 37.1 Å². The van der Waals surface area contributed by atoms with Crippen molar-refractivity contribution in [3.05, 3.63) is 24.3 Å². The standard InChI is InChI=1S/C22H38O4/c1-21(23)25-19-17-15-13-11-9-7-5-3-4-6-8-10-12-14-16-18-20-26-22(2)24/h7,9,12,14H,3-6,8,10-11,13,15-20H2,1-2H3/b9-7+,14-12+. The molecule has 0 heterocycles. The number of allylic oxidation sites excluding steroid dienone is 4. The second kappa shape index (κ2) is 19.7. The quantitative estimate of drug-likeness (QED) is 0.182. The van der Waals surface area contributed by atoms with Gasteiger partial charge in [0.25, 0.3) is 0 Å². The Labute approximate surface area is 160 Å². The summed E-state index contributed by atoms with van der Waals surface area (Å²) in [7, 11) is 0. The van der Waals surface area contributed by atoms with Crippen LogP contribution in [-0.4, -0.2) is 25.2 Å². The van der Waals surface area contributed by atoms with Crippen LogP contribution >= 0.6 is 0 Å². The smallest absolute Gasteiger partial charge is 0.302 e. The lowest BCUT2D eigenvalue weighted by molar-refractivity contribution is -0.142. The van der Waals surface area contributed by atoms with Crippen molar-refractivity contribution in [3.63, 3.8) is 0 Å². The molecule has 0 rings (SSSR count). The Morgan fingerprint density at radius 3 is 1.31 bits per heavy atom. The molecule has 4 heteroatoms. The van der Waals surface area contributed by atoms with E-state index in [9.17, 15) is 9.59 Å². The maximum Gasteiger partial charge on any atom is 0.302 e. The third-order valence-corrected chi connectivity index (χ3v) is 3.97. The number of unbranched alkanes of at least 4 members (excludes halogenated alkanes) is 9. The Morgan fingerprint density at radius 2 is 0.885 bits per heavy atom. The summed E-state index contributed by atoms with van der Waals surface area (Å²) in [6.07, 6.45) is 22.8. The molecule has 0 unspecified atom stereocenters. The van der Waals surface area contributed by atoms with Crippen LogP contribution in [0.5, 0.6) is 0 Å². The van der Waals surface area contributed by atoms with Gasteiger partial charge < -0.3 is 9.47 Å².